The second-order valence-electron chi connectivity index (χ2n) is 4.17. The van der Waals surface area contributed by atoms with Crippen LogP contribution in [0.3, 0.4) is 0 Å². The summed E-state index contributed by atoms with van der Waals surface area (Å²) in [4.78, 5) is 23.2. The summed E-state index contributed by atoms with van der Waals surface area (Å²) in [5.41, 5.74) is 3.48. The number of carbonyl (C=O) groups is 1. The summed E-state index contributed by atoms with van der Waals surface area (Å²) in [6.07, 6.45) is 3.52. The highest BCUT2D eigenvalue weighted by atomic mass is 16.2. The van der Waals surface area contributed by atoms with Gasteiger partial charge in [-0.1, -0.05) is 12.1 Å². The number of carbonyl (C=O) groups excluding carboxylic acids is 1. The van der Waals surface area contributed by atoms with Crippen LogP contribution in [0.4, 0.5) is 0 Å². The van der Waals surface area contributed by atoms with Crippen LogP contribution in [0.1, 0.15) is 22.8 Å². The number of hydrazine groups is 1. The molecule has 0 spiro atoms. The number of nitrogen functional groups attached to an aromatic ring is 1. The molecule has 6 heteroatoms. The zero-order chi connectivity index (χ0) is 13.8. The van der Waals surface area contributed by atoms with Gasteiger partial charge >= 0.3 is 5.69 Å². The zero-order valence-electron chi connectivity index (χ0n) is 10.7. The van der Waals surface area contributed by atoms with E-state index in [2.05, 4.69) is 5.43 Å². The van der Waals surface area contributed by atoms with Gasteiger partial charge in [0.25, 0.3) is 5.91 Å². The minimum atomic E-state index is -0.333. The van der Waals surface area contributed by atoms with Crippen LogP contribution in [-0.4, -0.2) is 15.0 Å². The molecular formula is C13H16N4O2. The number of aromatic nitrogens is 2. The van der Waals surface area contributed by atoms with E-state index in [-0.39, 0.29) is 11.6 Å². The molecule has 1 aromatic heterocycles. The van der Waals surface area contributed by atoms with Gasteiger partial charge in [-0.3, -0.25) is 19.4 Å². The second-order valence-corrected chi connectivity index (χ2v) is 4.17. The molecule has 100 valence electrons. The second kappa shape index (κ2) is 5.53. The van der Waals surface area contributed by atoms with E-state index in [1.807, 2.05) is 6.92 Å². The van der Waals surface area contributed by atoms with Crippen molar-refractivity contribution < 1.29 is 4.79 Å². The highest BCUT2D eigenvalue weighted by Gasteiger charge is 2.05. The lowest BCUT2D eigenvalue weighted by Crippen LogP contribution is -2.29. The topological polar surface area (TPSA) is 82.1 Å². The molecule has 2 rings (SSSR count). The predicted octanol–water partition coefficient (Wildman–Crippen LogP) is 0.321. The SMILES string of the molecule is CCn1ccn(Cc2ccc(C(=O)NN)cc2)c1=O. The lowest BCUT2D eigenvalue weighted by atomic mass is 10.1. The minimum absolute atomic E-state index is 0.0359. The van der Waals surface area contributed by atoms with E-state index in [9.17, 15) is 9.59 Å². The van der Waals surface area contributed by atoms with Gasteiger partial charge in [-0.2, -0.15) is 0 Å². The van der Waals surface area contributed by atoms with Crippen molar-refractivity contribution in [2.24, 2.45) is 5.84 Å². The molecule has 0 bridgehead atoms. The first-order valence-corrected chi connectivity index (χ1v) is 6.01. The number of rotatable bonds is 4. The third-order valence-corrected chi connectivity index (χ3v) is 2.96. The smallest absolute Gasteiger partial charge is 0.300 e. The highest BCUT2D eigenvalue weighted by Crippen LogP contribution is 2.05. The Labute approximate surface area is 110 Å². The van der Waals surface area contributed by atoms with Crippen LogP contribution in [-0.2, 0) is 13.1 Å². The summed E-state index contributed by atoms with van der Waals surface area (Å²) in [6, 6.07) is 6.97. The normalized spacial score (nSPS) is 10.4. The Bertz CT molecular complexity index is 625. The first-order chi connectivity index (χ1) is 9.15. The van der Waals surface area contributed by atoms with Gasteiger partial charge in [0.15, 0.2) is 0 Å². The average molecular weight is 260 g/mol. The molecule has 0 fully saturated rings. The first kappa shape index (κ1) is 13.1. The number of benzene rings is 1. The molecule has 3 N–H and O–H groups in total. The van der Waals surface area contributed by atoms with Gasteiger partial charge in [-0.15, -0.1) is 0 Å². The van der Waals surface area contributed by atoms with E-state index in [1.165, 1.54) is 0 Å². The van der Waals surface area contributed by atoms with Gasteiger partial charge in [0.05, 0.1) is 6.54 Å². The molecule has 0 atom stereocenters. The largest absolute Gasteiger partial charge is 0.328 e. The Morgan fingerprint density at radius 1 is 1.21 bits per heavy atom. The Morgan fingerprint density at radius 2 is 1.84 bits per heavy atom. The molecule has 1 heterocycles. The number of aryl methyl sites for hydroxylation is 1. The van der Waals surface area contributed by atoms with Gasteiger partial charge in [-0.25, -0.2) is 10.6 Å². The summed E-state index contributed by atoms with van der Waals surface area (Å²) >= 11 is 0. The molecule has 1 amide bonds. The van der Waals surface area contributed by atoms with E-state index < -0.39 is 0 Å². The Balaban J connectivity index is 2.17. The Kier molecular flexibility index (Phi) is 3.82. The quantitative estimate of drug-likeness (QED) is 0.472. The summed E-state index contributed by atoms with van der Waals surface area (Å²) < 4.78 is 3.26. The van der Waals surface area contributed by atoms with Crippen molar-refractivity contribution in [3.05, 3.63) is 58.3 Å². The molecule has 19 heavy (non-hydrogen) atoms. The first-order valence-electron chi connectivity index (χ1n) is 6.01. The Morgan fingerprint density at radius 3 is 2.37 bits per heavy atom. The standard InChI is InChI=1S/C13H16N4O2/c1-2-16-7-8-17(13(16)19)9-10-3-5-11(6-4-10)12(18)15-14/h3-8H,2,9,14H2,1H3,(H,15,18). The molecule has 0 saturated heterocycles. The number of hydrogen-bond acceptors (Lipinski definition) is 3. The molecule has 0 saturated carbocycles. The molecular weight excluding hydrogens is 244 g/mol. The van der Waals surface area contributed by atoms with E-state index in [1.54, 1.807) is 45.8 Å². The number of nitrogens with one attached hydrogen (secondary N) is 1. The maximum absolute atomic E-state index is 11.9. The van der Waals surface area contributed by atoms with Crippen molar-refractivity contribution >= 4 is 5.91 Å². The third-order valence-electron chi connectivity index (χ3n) is 2.96. The molecule has 0 aliphatic carbocycles. The van der Waals surface area contributed by atoms with Crippen LogP contribution >= 0.6 is 0 Å². The molecule has 0 radical (unpaired) electrons. The number of amides is 1. The summed E-state index contributed by atoms with van der Waals surface area (Å²) in [7, 11) is 0. The fraction of sp³-hybridized carbons (Fsp3) is 0.231. The molecule has 2 aromatic rings. The molecule has 0 unspecified atom stereocenters. The maximum Gasteiger partial charge on any atom is 0.328 e. The van der Waals surface area contributed by atoms with Gasteiger partial charge in [0.1, 0.15) is 0 Å². The summed E-state index contributed by atoms with van der Waals surface area (Å²) in [5.74, 6) is 4.72. The lowest BCUT2D eigenvalue weighted by molar-refractivity contribution is 0.0953. The Hall–Kier alpha value is -2.34. The third kappa shape index (κ3) is 2.74. The zero-order valence-corrected chi connectivity index (χ0v) is 10.7. The van der Waals surface area contributed by atoms with Crippen LogP contribution in [0, 0.1) is 0 Å². The van der Waals surface area contributed by atoms with Crippen molar-refractivity contribution in [2.45, 2.75) is 20.0 Å². The highest BCUT2D eigenvalue weighted by molar-refractivity contribution is 5.93. The monoisotopic (exact) mass is 260 g/mol. The van der Waals surface area contributed by atoms with Crippen molar-refractivity contribution in [1.82, 2.24) is 14.6 Å². The number of nitrogens with two attached hydrogens (primary N) is 1. The van der Waals surface area contributed by atoms with E-state index >= 15 is 0 Å². The summed E-state index contributed by atoms with van der Waals surface area (Å²) in [6.45, 7) is 3.06. The van der Waals surface area contributed by atoms with Gasteiger partial charge in [0.2, 0.25) is 0 Å². The maximum atomic E-state index is 11.9. The number of imidazole rings is 1. The number of hydrogen-bond donors (Lipinski definition) is 2. The van der Waals surface area contributed by atoms with E-state index in [0.29, 0.717) is 18.7 Å². The molecule has 1 aromatic carbocycles. The van der Waals surface area contributed by atoms with E-state index in [0.717, 1.165) is 5.56 Å². The molecule has 0 aliphatic heterocycles. The summed E-state index contributed by atoms with van der Waals surface area (Å²) in [5, 5.41) is 0. The minimum Gasteiger partial charge on any atom is -0.300 e. The van der Waals surface area contributed by atoms with E-state index in [4.69, 9.17) is 5.84 Å². The van der Waals surface area contributed by atoms with Crippen molar-refractivity contribution in [3.63, 3.8) is 0 Å². The predicted molar refractivity (Wildman–Crippen MR) is 71.6 cm³/mol. The van der Waals surface area contributed by atoms with Gasteiger partial charge in [0, 0.05) is 24.5 Å². The van der Waals surface area contributed by atoms with Crippen LogP contribution in [0.5, 0.6) is 0 Å². The lowest BCUT2D eigenvalue weighted by Gasteiger charge is -2.04. The van der Waals surface area contributed by atoms with Crippen LogP contribution < -0.4 is 17.0 Å². The fourth-order valence-electron chi connectivity index (χ4n) is 1.86. The number of nitrogens with zero attached hydrogens (tertiary/aromatic N) is 2. The van der Waals surface area contributed by atoms with Crippen LogP contribution in [0.15, 0.2) is 41.5 Å². The molecule has 6 nitrogen and oxygen atoms in total. The molecule has 0 aliphatic rings. The van der Waals surface area contributed by atoms with Crippen molar-refractivity contribution in [1.29, 1.82) is 0 Å². The van der Waals surface area contributed by atoms with Crippen molar-refractivity contribution in [3.8, 4) is 0 Å². The van der Waals surface area contributed by atoms with Gasteiger partial charge in [-0.05, 0) is 24.6 Å². The van der Waals surface area contributed by atoms with Crippen LogP contribution in [0.25, 0.3) is 0 Å². The fourth-order valence-corrected chi connectivity index (χ4v) is 1.86. The van der Waals surface area contributed by atoms with Gasteiger partial charge < -0.3 is 0 Å². The average Bonchev–Trinajstić information content (AvgIpc) is 2.79. The van der Waals surface area contributed by atoms with Crippen LogP contribution in [0.2, 0.25) is 0 Å². The van der Waals surface area contributed by atoms with Crippen molar-refractivity contribution in [2.75, 3.05) is 0 Å².